The minimum Gasteiger partial charge on any atom is -0.383 e. The number of nitrogens with zero attached hydrogens (tertiary/aromatic N) is 1. The highest BCUT2D eigenvalue weighted by molar-refractivity contribution is 7.01. The zero-order valence-electron chi connectivity index (χ0n) is 15.8. The van der Waals surface area contributed by atoms with Gasteiger partial charge in [-0.25, -0.2) is 0 Å². The Labute approximate surface area is 153 Å². The Morgan fingerprint density at radius 2 is 1.16 bits per heavy atom. The van der Waals surface area contributed by atoms with E-state index >= 15 is 0 Å². The SMILES string of the molecule is COCCN(CCOC)CC[Si](C)(c1ccccc1)c1ccccc1. The summed E-state index contributed by atoms with van der Waals surface area (Å²) in [6, 6.07) is 23.3. The predicted octanol–water partition coefficient (Wildman–Crippen LogP) is 2.47. The molecule has 0 saturated heterocycles. The Balaban J connectivity index is 2.18. The van der Waals surface area contributed by atoms with Gasteiger partial charge < -0.3 is 9.47 Å². The summed E-state index contributed by atoms with van der Waals surface area (Å²) in [7, 11) is 1.76. The first-order valence-electron chi connectivity index (χ1n) is 9.02. The highest BCUT2D eigenvalue weighted by Gasteiger charge is 2.31. The second-order valence-electron chi connectivity index (χ2n) is 6.64. The molecule has 0 aromatic heterocycles. The summed E-state index contributed by atoms with van der Waals surface area (Å²) in [5.41, 5.74) is 0. The molecule has 2 aromatic rings. The summed E-state index contributed by atoms with van der Waals surface area (Å²) >= 11 is 0. The Hall–Kier alpha value is -1.46. The monoisotopic (exact) mass is 357 g/mol. The molecule has 2 aromatic carbocycles. The van der Waals surface area contributed by atoms with Crippen molar-refractivity contribution in [2.24, 2.45) is 0 Å². The van der Waals surface area contributed by atoms with Gasteiger partial charge in [-0.05, 0) is 12.6 Å². The van der Waals surface area contributed by atoms with Crippen molar-refractivity contribution in [2.75, 3.05) is 47.1 Å². The van der Waals surface area contributed by atoms with Crippen molar-refractivity contribution in [3.05, 3.63) is 60.7 Å². The van der Waals surface area contributed by atoms with Crippen LogP contribution in [0.15, 0.2) is 60.7 Å². The minimum atomic E-state index is -1.77. The molecule has 0 unspecified atom stereocenters. The second-order valence-corrected chi connectivity index (χ2v) is 11.0. The summed E-state index contributed by atoms with van der Waals surface area (Å²) in [5, 5.41) is 3.00. The molecule has 4 heteroatoms. The van der Waals surface area contributed by atoms with Gasteiger partial charge in [-0.3, -0.25) is 4.90 Å². The molecule has 2 rings (SSSR count). The third-order valence-corrected chi connectivity index (χ3v) is 9.41. The van der Waals surface area contributed by atoms with Crippen molar-refractivity contribution in [1.29, 1.82) is 0 Å². The van der Waals surface area contributed by atoms with Gasteiger partial charge in [0.1, 0.15) is 8.07 Å². The maximum absolute atomic E-state index is 5.28. The standard InChI is InChI=1S/C21H31NO2Si/c1-23-17-14-22(15-18-24-2)16-19-25(3,20-10-6-4-7-11-20)21-12-8-5-9-13-21/h4-13H,14-19H2,1-3H3. The maximum Gasteiger partial charge on any atom is 0.116 e. The molecule has 0 amide bonds. The number of methoxy groups -OCH3 is 2. The van der Waals surface area contributed by atoms with Gasteiger partial charge in [0.15, 0.2) is 0 Å². The first-order valence-corrected chi connectivity index (χ1v) is 11.7. The van der Waals surface area contributed by atoms with E-state index in [9.17, 15) is 0 Å². The van der Waals surface area contributed by atoms with Crippen LogP contribution < -0.4 is 10.4 Å². The summed E-state index contributed by atoms with van der Waals surface area (Å²) in [4.78, 5) is 2.46. The normalized spacial score (nSPS) is 11.8. The molecule has 0 fully saturated rings. The number of hydrogen-bond donors (Lipinski definition) is 0. The molecule has 0 aliphatic carbocycles. The smallest absolute Gasteiger partial charge is 0.116 e. The van der Waals surface area contributed by atoms with Crippen molar-refractivity contribution in [1.82, 2.24) is 4.90 Å². The molecule has 3 nitrogen and oxygen atoms in total. The van der Waals surface area contributed by atoms with E-state index in [-0.39, 0.29) is 0 Å². The second kappa shape index (κ2) is 10.5. The van der Waals surface area contributed by atoms with Gasteiger partial charge in [0.2, 0.25) is 0 Å². The van der Waals surface area contributed by atoms with Gasteiger partial charge >= 0.3 is 0 Å². The van der Waals surface area contributed by atoms with Crippen LogP contribution in [0.3, 0.4) is 0 Å². The van der Waals surface area contributed by atoms with Crippen LogP contribution in [0.2, 0.25) is 12.6 Å². The van der Waals surface area contributed by atoms with Crippen LogP contribution in [0.25, 0.3) is 0 Å². The molecular formula is C21H31NO2Si. The zero-order chi connectivity index (χ0) is 18.0. The van der Waals surface area contributed by atoms with Crippen LogP contribution in [0.1, 0.15) is 0 Å². The van der Waals surface area contributed by atoms with E-state index in [4.69, 9.17) is 9.47 Å². The molecule has 25 heavy (non-hydrogen) atoms. The predicted molar refractivity (Wildman–Crippen MR) is 109 cm³/mol. The van der Waals surface area contributed by atoms with Crippen LogP contribution in [-0.4, -0.2) is 60.0 Å². The summed E-state index contributed by atoms with van der Waals surface area (Å²) in [6.45, 7) is 6.99. The third kappa shape index (κ3) is 5.78. The Bertz CT molecular complexity index is 544. The van der Waals surface area contributed by atoms with E-state index in [1.54, 1.807) is 14.2 Å². The molecule has 0 aliphatic heterocycles. The van der Waals surface area contributed by atoms with Gasteiger partial charge in [0.25, 0.3) is 0 Å². The Kier molecular flexibility index (Phi) is 8.35. The van der Waals surface area contributed by atoms with E-state index < -0.39 is 8.07 Å². The lowest BCUT2D eigenvalue weighted by atomic mass is 10.4. The van der Waals surface area contributed by atoms with Crippen molar-refractivity contribution in [3.63, 3.8) is 0 Å². The fraction of sp³-hybridized carbons (Fsp3) is 0.429. The largest absolute Gasteiger partial charge is 0.383 e. The van der Waals surface area contributed by atoms with Crippen LogP contribution in [-0.2, 0) is 9.47 Å². The number of ether oxygens (including phenoxy) is 2. The van der Waals surface area contributed by atoms with Gasteiger partial charge in [-0.15, -0.1) is 0 Å². The van der Waals surface area contributed by atoms with Gasteiger partial charge in [0, 0.05) is 27.3 Å². The third-order valence-electron chi connectivity index (χ3n) is 4.97. The van der Waals surface area contributed by atoms with E-state index in [2.05, 4.69) is 72.1 Å². The average molecular weight is 358 g/mol. The van der Waals surface area contributed by atoms with Crippen molar-refractivity contribution >= 4 is 18.4 Å². The lowest BCUT2D eigenvalue weighted by Gasteiger charge is -2.32. The number of benzene rings is 2. The highest BCUT2D eigenvalue weighted by Crippen LogP contribution is 2.12. The first kappa shape index (κ1) is 19.9. The molecule has 0 spiro atoms. The summed E-state index contributed by atoms with van der Waals surface area (Å²) in [5.74, 6) is 0. The zero-order valence-corrected chi connectivity index (χ0v) is 16.8. The maximum atomic E-state index is 5.28. The fourth-order valence-corrected chi connectivity index (χ4v) is 6.76. The summed E-state index contributed by atoms with van der Waals surface area (Å²) in [6.07, 6.45) is 0. The molecule has 136 valence electrons. The summed E-state index contributed by atoms with van der Waals surface area (Å²) < 4.78 is 10.6. The van der Waals surface area contributed by atoms with Gasteiger partial charge in [0.05, 0.1) is 13.2 Å². The van der Waals surface area contributed by atoms with Crippen molar-refractivity contribution in [2.45, 2.75) is 12.6 Å². The molecule has 0 atom stereocenters. The molecule has 0 radical (unpaired) electrons. The van der Waals surface area contributed by atoms with Crippen LogP contribution >= 0.6 is 0 Å². The van der Waals surface area contributed by atoms with Crippen LogP contribution in [0.5, 0.6) is 0 Å². The number of rotatable bonds is 11. The van der Waals surface area contributed by atoms with Crippen LogP contribution in [0.4, 0.5) is 0 Å². The molecular weight excluding hydrogens is 326 g/mol. The lowest BCUT2D eigenvalue weighted by Crippen LogP contribution is -2.57. The number of hydrogen-bond acceptors (Lipinski definition) is 3. The van der Waals surface area contributed by atoms with E-state index in [1.165, 1.54) is 16.4 Å². The van der Waals surface area contributed by atoms with E-state index in [0.717, 1.165) is 32.8 Å². The molecule has 0 bridgehead atoms. The topological polar surface area (TPSA) is 21.7 Å². The van der Waals surface area contributed by atoms with E-state index in [1.807, 2.05) is 0 Å². The van der Waals surface area contributed by atoms with E-state index in [0.29, 0.717) is 0 Å². The van der Waals surface area contributed by atoms with Crippen molar-refractivity contribution in [3.8, 4) is 0 Å². The van der Waals surface area contributed by atoms with Crippen molar-refractivity contribution < 1.29 is 9.47 Å². The minimum absolute atomic E-state index is 0.763. The molecule has 0 saturated carbocycles. The fourth-order valence-electron chi connectivity index (χ4n) is 3.23. The molecule has 0 heterocycles. The first-order chi connectivity index (χ1) is 12.2. The van der Waals surface area contributed by atoms with Gasteiger partial charge in [-0.1, -0.05) is 77.6 Å². The average Bonchev–Trinajstić information content (AvgIpc) is 2.68. The molecule has 0 aliphatic rings. The quantitative estimate of drug-likeness (QED) is 0.577. The highest BCUT2D eigenvalue weighted by atomic mass is 28.3. The Morgan fingerprint density at radius 1 is 0.720 bits per heavy atom. The lowest BCUT2D eigenvalue weighted by molar-refractivity contribution is 0.117. The van der Waals surface area contributed by atoms with Gasteiger partial charge in [-0.2, -0.15) is 0 Å². The molecule has 0 N–H and O–H groups in total. The Morgan fingerprint density at radius 3 is 1.56 bits per heavy atom. The van der Waals surface area contributed by atoms with Crippen LogP contribution in [0, 0.1) is 0 Å².